The summed E-state index contributed by atoms with van der Waals surface area (Å²) < 4.78 is 6.01. The fourth-order valence-electron chi connectivity index (χ4n) is 2.93. The van der Waals surface area contributed by atoms with Crippen molar-refractivity contribution in [2.45, 2.75) is 70.5 Å². The second-order valence-corrected chi connectivity index (χ2v) is 10.4. The molecule has 0 heterocycles. The van der Waals surface area contributed by atoms with Crippen molar-refractivity contribution in [3.63, 3.8) is 0 Å². The van der Waals surface area contributed by atoms with Crippen LogP contribution in [0.1, 0.15) is 53.9 Å². The minimum atomic E-state index is -1.83. The van der Waals surface area contributed by atoms with Crippen LogP contribution in [0.3, 0.4) is 0 Å². The average molecular weight is 240 g/mol. The standard InChI is InChI=1S/C14H28OSi/c1-8-10-11-14(9-2)16(15-7,12(3)4)13(5)6/h2,12-14H,8,10-11H2,1,3-7H3. The van der Waals surface area contributed by atoms with E-state index in [1.807, 2.05) is 7.11 Å². The molecule has 0 rings (SSSR count). The Morgan fingerprint density at radius 1 is 1.19 bits per heavy atom. The van der Waals surface area contributed by atoms with E-state index in [4.69, 9.17) is 10.8 Å². The van der Waals surface area contributed by atoms with E-state index >= 15 is 0 Å². The summed E-state index contributed by atoms with van der Waals surface area (Å²) in [6.07, 6.45) is 9.31. The molecule has 0 saturated carbocycles. The van der Waals surface area contributed by atoms with Crippen LogP contribution in [0, 0.1) is 12.3 Å². The van der Waals surface area contributed by atoms with Crippen molar-refractivity contribution >= 4 is 8.32 Å². The van der Waals surface area contributed by atoms with Crippen molar-refractivity contribution < 1.29 is 4.43 Å². The average Bonchev–Trinajstić information content (AvgIpc) is 2.23. The van der Waals surface area contributed by atoms with E-state index in [1.165, 1.54) is 12.8 Å². The molecule has 0 N–H and O–H groups in total. The van der Waals surface area contributed by atoms with Crippen molar-refractivity contribution in [2.75, 3.05) is 7.11 Å². The van der Waals surface area contributed by atoms with Crippen LogP contribution in [-0.2, 0) is 4.43 Å². The molecule has 0 aliphatic carbocycles. The molecular weight excluding hydrogens is 212 g/mol. The Bertz CT molecular complexity index is 219. The first kappa shape index (κ1) is 15.7. The zero-order valence-corrected chi connectivity index (χ0v) is 12.8. The summed E-state index contributed by atoms with van der Waals surface area (Å²) in [5.41, 5.74) is 1.52. The van der Waals surface area contributed by atoms with E-state index in [2.05, 4.69) is 40.5 Å². The number of unbranched alkanes of at least 4 members (excludes halogenated alkanes) is 1. The van der Waals surface area contributed by atoms with Gasteiger partial charge in [0.25, 0.3) is 0 Å². The Hall–Kier alpha value is -0.263. The summed E-state index contributed by atoms with van der Waals surface area (Å²) >= 11 is 0. The van der Waals surface area contributed by atoms with Crippen LogP contribution in [0.25, 0.3) is 0 Å². The molecule has 0 amide bonds. The quantitative estimate of drug-likeness (QED) is 0.467. The van der Waals surface area contributed by atoms with Gasteiger partial charge in [0.05, 0.1) is 0 Å². The van der Waals surface area contributed by atoms with Crippen molar-refractivity contribution in [3.8, 4) is 12.3 Å². The summed E-state index contributed by atoms with van der Waals surface area (Å²) in [5.74, 6) is 3.03. The van der Waals surface area contributed by atoms with Crippen molar-refractivity contribution in [1.29, 1.82) is 0 Å². The molecular formula is C14H28OSi. The molecule has 1 unspecified atom stereocenters. The van der Waals surface area contributed by atoms with Crippen LogP contribution in [0.15, 0.2) is 0 Å². The van der Waals surface area contributed by atoms with Crippen molar-refractivity contribution in [2.24, 2.45) is 0 Å². The highest BCUT2D eigenvalue weighted by atomic mass is 28.4. The maximum absolute atomic E-state index is 6.01. The first-order chi connectivity index (χ1) is 7.47. The Labute approximate surface area is 103 Å². The molecule has 0 saturated heterocycles. The van der Waals surface area contributed by atoms with Gasteiger partial charge < -0.3 is 4.43 Å². The van der Waals surface area contributed by atoms with Crippen LogP contribution in [0.2, 0.25) is 16.6 Å². The topological polar surface area (TPSA) is 9.23 Å². The number of hydrogen-bond acceptors (Lipinski definition) is 1. The molecule has 0 aromatic heterocycles. The minimum Gasteiger partial charge on any atom is -0.418 e. The Morgan fingerprint density at radius 2 is 1.69 bits per heavy atom. The largest absolute Gasteiger partial charge is 0.418 e. The lowest BCUT2D eigenvalue weighted by atomic mass is 10.2. The minimum absolute atomic E-state index is 0.359. The SMILES string of the molecule is C#CC(CCCC)[Si](OC)(C(C)C)C(C)C. The summed E-state index contributed by atoms with van der Waals surface area (Å²) in [6, 6.07) is 0. The molecule has 16 heavy (non-hydrogen) atoms. The van der Waals surface area contributed by atoms with Gasteiger partial charge in [0.15, 0.2) is 0 Å². The van der Waals surface area contributed by atoms with Gasteiger partial charge in [0.2, 0.25) is 8.32 Å². The number of terminal acetylenes is 1. The molecule has 0 fully saturated rings. The van der Waals surface area contributed by atoms with Crippen LogP contribution < -0.4 is 0 Å². The molecule has 94 valence electrons. The van der Waals surface area contributed by atoms with Gasteiger partial charge in [-0.15, -0.1) is 12.3 Å². The Balaban J connectivity index is 5.05. The lowest BCUT2D eigenvalue weighted by Crippen LogP contribution is -2.48. The molecule has 0 aromatic rings. The monoisotopic (exact) mass is 240 g/mol. The maximum Gasteiger partial charge on any atom is 0.211 e. The molecule has 0 aromatic carbocycles. The van der Waals surface area contributed by atoms with E-state index in [1.54, 1.807) is 0 Å². The van der Waals surface area contributed by atoms with E-state index in [0.29, 0.717) is 16.6 Å². The molecule has 0 aliphatic heterocycles. The summed E-state index contributed by atoms with van der Waals surface area (Å²) in [6.45, 7) is 11.3. The van der Waals surface area contributed by atoms with Gasteiger partial charge in [-0.05, 0) is 17.5 Å². The predicted molar refractivity (Wildman–Crippen MR) is 75.1 cm³/mol. The molecule has 1 atom stereocenters. The third kappa shape index (κ3) is 3.12. The third-order valence-corrected chi connectivity index (χ3v) is 9.61. The summed E-state index contributed by atoms with van der Waals surface area (Å²) in [5, 5.41) is 0. The predicted octanol–water partition coefficient (Wildman–Crippen LogP) is 4.59. The van der Waals surface area contributed by atoms with Crippen molar-refractivity contribution in [1.82, 2.24) is 0 Å². The van der Waals surface area contributed by atoms with Crippen LogP contribution in [-0.4, -0.2) is 15.4 Å². The van der Waals surface area contributed by atoms with E-state index in [0.717, 1.165) is 6.42 Å². The summed E-state index contributed by atoms with van der Waals surface area (Å²) in [7, 11) is 0.0366. The highest BCUT2D eigenvalue weighted by Crippen LogP contribution is 2.44. The zero-order valence-electron chi connectivity index (χ0n) is 11.8. The fourth-order valence-corrected chi connectivity index (χ4v) is 8.02. The Morgan fingerprint density at radius 3 is 1.94 bits per heavy atom. The highest BCUT2D eigenvalue weighted by molar-refractivity contribution is 6.78. The molecule has 0 radical (unpaired) electrons. The zero-order chi connectivity index (χ0) is 12.8. The summed E-state index contributed by atoms with van der Waals surface area (Å²) in [4.78, 5) is 0. The third-order valence-electron chi connectivity index (χ3n) is 3.75. The lowest BCUT2D eigenvalue weighted by molar-refractivity contribution is 0.359. The van der Waals surface area contributed by atoms with Crippen LogP contribution >= 0.6 is 0 Å². The normalized spacial score (nSPS) is 14.2. The van der Waals surface area contributed by atoms with Crippen molar-refractivity contribution in [3.05, 3.63) is 0 Å². The highest BCUT2D eigenvalue weighted by Gasteiger charge is 2.47. The van der Waals surface area contributed by atoms with Gasteiger partial charge in [0, 0.05) is 12.7 Å². The molecule has 0 spiro atoms. The van der Waals surface area contributed by atoms with Crippen LogP contribution in [0.4, 0.5) is 0 Å². The second kappa shape index (κ2) is 7.14. The lowest BCUT2D eigenvalue weighted by Gasteiger charge is -2.41. The second-order valence-electron chi connectivity index (χ2n) is 5.23. The molecule has 1 nitrogen and oxygen atoms in total. The first-order valence-electron chi connectivity index (χ1n) is 6.48. The smallest absolute Gasteiger partial charge is 0.211 e. The molecule has 2 heteroatoms. The van der Waals surface area contributed by atoms with E-state index < -0.39 is 8.32 Å². The van der Waals surface area contributed by atoms with Gasteiger partial charge in [-0.1, -0.05) is 47.5 Å². The van der Waals surface area contributed by atoms with Gasteiger partial charge in [0.1, 0.15) is 0 Å². The maximum atomic E-state index is 6.01. The van der Waals surface area contributed by atoms with E-state index in [-0.39, 0.29) is 0 Å². The van der Waals surface area contributed by atoms with Gasteiger partial charge >= 0.3 is 0 Å². The van der Waals surface area contributed by atoms with E-state index in [9.17, 15) is 0 Å². The first-order valence-corrected chi connectivity index (χ1v) is 8.62. The van der Waals surface area contributed by atoms with Gasteiger partial charge in [-0.3, -0.25) is 0 Å². The molecule has 0 aliphatic rings. The fraction of sp³-hybridized carbons (Fsp3) is 0.857. The van der Waals surface area contributed by atoms with Gasteiger partial charge in [-0.2, -0.15) is 0 Å². The van der Waals surface area contributed by atoms with Crippen LogP contribution in [0.5, 0.6) is 0 Å². The Kier molecular flexibility index (Phi) is 7.02. The van der Waals surface area contributed by atoms with Gasteiger partial charge in [-0.25, -0.2) is 0 Å². The number of rotatable bonds is 7. The molecule has 0 bridgehead atoms. The number of hydrogen-bond donors (Lipinski definition) is 0.